The van der Waals surface area contributed by atoms with Gasteiger partial charge in [-0.2, -0.15) is 5.26 Å². The molecule has 1 N–H and O–H groups in total. The summed E-state index contributed by atoms with van der Waals surface area (Å²) in [5.74, 6) is 1.52. The van der Waals surface area contributed by atoms with Crippen LogP contribution >= 0.6 is 0 Å². The number of hydrogen-bond donors (Lipinski definition) is 1. The van der Waals surface area contributed by atoms with Crippen molar-refractivity contribution in [1.82, 2.24) is 9.97 Å². The van der Waals surface area contributed by atoms with Crippen molar-refractivity contribution in [2.45, 2.75) is 32.1 Å². The topological polar surface area (TPSA) is 61.6 Å². The summed E-state index contributed by atoms with van der Waals surface area (Å²) in [5, 5.41) is 12.0. The molecule has 1 aliphatic carbocycles. The first-order valence-corrected chi connectivity index (χ1v) is 5.84. The lowest BCUT2D eigenvalue weighted by molar-refractivity contribution is 0.373. The van der Waals surface area contributed by atoms with Crippen molar-refractivity contribution < 1.29 is 0 Å². The van der Waals surface area contributed by atoms with Gasteiger partial charge in [0.05, 0.1) is 0 Å². The van der Waals surface area contributed by atoms with Crippen molar-refractivity contribution in [2.75, 3.05) is 11.9 Å². The van der Waals surface area contributed by atoms with Crippen LogP contribution in [0.5, 0.6) is 0 Å². The summed E-state index contributed by atoms with van der Waals surface area (Å²) in [4.78, 5) is 7.94. The molecule has 0 atom stereocenters. The Labute approximate surface area is 95.7 Å². The maximum Gasteiger partial charge on any atom is 0.145 e. The van der Waals surface area contributed by atoms with Crippen LogP contribution in [0.3, 0.4) is 0 Å². The van der Waals surface area contributed by atoms with Gasteiger partial charge in [0.25, 0.3) is 0 Å². The molecular formula is C12H16N4. The standard InChI is InChI=1S/C12H16N4/c13-7-11-6-12(16-9-15-11)14-8-10-4-2-1-3-5-10/h6,9-10H,1-5,8H2,(H,14,15,16). The lowest BCUT2D eigenvalue weighted by Crippen LogP contribution is -2.17. The third kappa shape index (κ3) is 2.93. The highest BCUT2D eigenvalue weighted by Gasteiger charge is 2.12. The van der Waals surface area contributed by atoms with Gasteiger partial charge in [0, 0.05) is 12.6 Å². The minimum atomic E-state index is 0.418. The molecule has 0 saturated heterocycles. The zero-order valence-corrected chi connectivity index (χ0v) is 9.32. The van der Waals surface area contributed by atoms with Crippen molar-refractivity contribution >= 4 is 5.82 Å². The maximum absolute atomic E-state index is 8.71. The largest absolute Gasteiger partial charge is 0.370 e. The van der Waals surface area contributed by atoms with E-state index in [1.807, 2.05) is 6.07 Å². The fraction of sp³-hybridized carbons (Fsp3) is 0.583. The van der Waals surface area contributed by atoms with Crippen LogP contribution < -0.4 is 5.32 Å². The van der Waals surface area contributed by atoms with Crippen LogP contribution in [0.4, 0.5) is 5.82 Å². The van der Waals surface area contributed by atoms with Gasteiger partial charge in [-0.25, -0.2) is 9.97 Å². The van der Waals surface area contributed by atoms with Crippen LogP contribution in [0, 0.1) is 17.2 Å². The molecule has 1 fully saturated rings. The molecule has 0 bridgehead atoms. The second-order valence-electron chi connectivity index (χ2n) is 4.29. The highest BCUT2D eigenvalue weighted by atomic mass is 15.0. The van der Waals surface area contributed by atoms with Gasteiger partial charge in [0.2, 0.25) is 0 Å². The van der Waals surface area contributed by atoms with Gasteiger partial charge in [0.15, 0.2) is 0 Å². The molecule has 4 nitrogen and oxygen atoms in total. The smallest absolute Gasteiger partial charge is 0.145 e. The van der Waals surface area contributed by atoms with Crippen LogP contribution in [-0.4, -0.2) is 16.5 Å². The van der Waals surface area contributed by atoms with Crippen molar-refractivity contribution in [3.8, 4) is 6.07 Å². The summed E-state index contributed by atoms with van der Waals surface area (Å²) in [6.45, 7) is 0.960. The first-order valence-electron chi connectivity index (χ1n) is 5.84. The Morgan fingerprint density at radius 2 is 2.12 bits per heavy atom. The lowest BCUT2D eigenvalue weighted by atomic mass is 9.89. The van der Waals surface area contributed by atoms with Crippen LogP contribution in [0.1, 0.15) is 37.8 Å². The Bertz CT molecular complexity index is 377. The lowest BCUT2D eigenvalue weighted by Gasteiger charge is -2.21. The molecule has 0 amide bonds. The fourth-order valence-electron chi connectivity index (χ4n) is 2.16. The Balaban J connectivity index is 1.86. The molecule has 1 aromatic heterocycles. The molecule has 0 unspecified atom stereocenters. The quantitative estimate of drug-likeness (QED) is 0.842. The second kappa shape index (κ2) is 5.45. The summed E-state index contributed by atoms with van der Waals surface area (Å²) in [6, 6.07) is 3.71. The molecule has 0 spiro atoms. The van der Waals surface area contributed by atoms with E-state index in [0.29, 0.717) is 5.69 Å². The third-order valence-corrected chi connectivity index (χ3v) is 3.08. The van der Waals surface area contributed by atoms with Crippen molar-refractivity contribution in [3.05, 3.63) is 18.1 Å². The van der Waals surface area contributed by atoms with Gasteiger partial charge in [-0.3, -0.25) is 0 Å². The average Bonchev–Trinajstić information content (AvgIpc) is 2.38. The first-order chi connectivity index (χ1) is 7.88. The summed E-state index contributed by atoms with van der Waals surface area (Å²) in [7, 11) is 0. The molecule has 1 aromatic rings. The van der Waals surface area contributed by atoms with Crippen LogP contribution in [0.25, 0.3) is 0 Å². The third-order valence-electron chi connectivity index (χ3n) is 3.08. The van der Waals surface area contributed by atoms with E-state index in [1.54, 1.807) is 6.07 Å². The van der Waals surface area contributed by atoms with Gasteiger partial charge in [-0.15, -0.1) is 0 Å². The molecule has 1 saturated carbocycles. The van der Waals surface area contributed by atoms with Crippen LogP contribution in [-0.2, 0) is 0 Å². The molecule has 4 heteroatoms. The number of hydrogen-bond acceptors (Lipinski definition) is 4. The zero-order valence-electron chi connectivity index (χ0n) is 9.32. The monoisotopic (exact) mass is 216 g/mol. The molecule has 2 rings (SSSR count). The maximum atomic E-state index is 8.71. The van der Waals surface area contributed by atoms with E-state index in [1.165, 1.54) is 38.4 Å². The first kappa shape index (κ1) is 10.9. The van der Waals surface area contributed by atoms with E-state index in [4.69, 9.17) is 5.26 Å². The molecule has 0 aliphatic heterocycles. The molecule has 1 aliphatic rings. The molecule has 16 heavy (non-hydrogen) atoms. The fourth-order valence-corrected chi connectivity index (χ4v) is 2.16. The van der Waals surface area contributed by atoms with Crippen LogP contribution in [0.15, 0.2) is 12.4 Å². The Hall–Kier alpha value is -1.63. The normalized spacial score (nSPS) is 16.7. The van der Waals surface area contributed by atoms with Gasteiger partial charge in [-0.05, 0) is 18.8 Å². The Kier molecular flexibility index (Phi) is 3.71. The van der Waals surface area contributed by atoms with E-state index in [2.05, 4.69) is 15.3 Å². The van der Waals surface area contributed by atoms with E-state index in [-0.39, 0.29) is 0 Å². The van der Waals surface area contributed by atoms with Gasteiger partial charge in [0.1, 0.15) is 23.9 Å². The molecule has 84 valence electrons. The summed E-state index contributed by atoms with van der Waals surface area (Å²) in [6.07, 6.45) is 8.12. The number of nitrogens with one attached hydrogen (secondary N) is 1. The number of rotatable bonds is 3. The van der Waals surface area contributed by atoms with Crippen molar-refractivity contribution in [2.24, 2.45) is 5.92 Å². The molecule has 0 radical (unpaired) electrons. The Morgan fingerprint density at radius 3 is 2.88 bits per heavy atom. The molecular weight excluding hydrogens is 200 g/mol. The van der Waals surface area contributed by atoms with E-state index in [9.17, 15) is 0 Å². The van der Waals surface area contributed by atoms with Gasteiger partial charge >= 0.3 is 0 Å². The van der Waals surface area contributed by atoms with Gasteiger partial charge in [-0.1, -0.05) is 19.3 Å². The highest BCUT2D eigenvalue weighted by molar-refractivity contribution is 5.38. The van der Waals surface area contributed by atoms with Crippen molar-refractivity contribution in [3.63, 3.8) is 0 Å². The molecule has 1 heterocycles. The zero-order chi connectivity index (χ0) is 11.2. The second-order valence-corrected chi connectivity index (χ2v) is 4.29. The predicted octanol–water partition coefficient (Wildman–Crippen LogP) is 2.34. The van der Waals surface area contributed by atoms with E-state index < -0.39 is 0 Å². The number of anilines is 1. The van der Waals surface area contributed by atoms with Crippen molar-refractivity contribution in [1.29, 1.82) is 5.26 Å². The number of aromatic nitrogens is 2. The summed E-state index contributed by atoms with van der Waals surface area (Å²) >= 11 is 0. The van der Waals surface area contributed by atoms with Gasteiger partial charge < -0.3 is 5.32 Å². The summed E-state index contributed by atoms with van der Waals surface area (Å²) < 4.78 is 0. The highest BCUT2D eigenvalue weighted by Crippen LogP contribution is 2.23. The van der Waals surface area contributed by atoms with E-state index >= 15 is 0 Å². The molecule has 0 aromatic carbocycles. The Morgan fingerprint density at radius 1 is 1.31 bits per heavy atom. The summed E-state index contributed by atoms with van der Waals surface area (Å²) in [5.41, 5.74) is 0.418. The minimum absolute atomic E-state index is 0.418. The SMILES string of the molecule is N#Cc1cc(NCC2CCCCC2)ncn1. The number of nitriles is 1. The van der Waals surface area contributed by atoms with E-state index in [0.717, 1.165) is 18.3 Å². The number of nitrogens with zero attached hydrogens (tertiary/aromatic N) is 3. The van der Waals surface area contributed by atoms with Crippen LogP contribution in [0.2, 0.25) is 0 Å². The predicted molar refractivity (Wildman–Crippen MR) is 61.8 cm³/mol. The average molecular weight is 216 g/mol. The minimum Gasteiger partial charge on any atom is -0.370 e.